The van der Waals surface area contributed by atoms with Crippen molar-refractivity contribution in [1.82, 2.24) is 5.32 Å². The molecule has 0 spiro atoms. The molecule has 0 heterocycles. The Hall–Kier alpha value is -2.00. The van der Waals surface area contributed by atoms with Crippen LogP contribution in [-0.4, -0.2) is 18.8 Å². The largest absolute Gasteiger partial charge is 0.507 e. The van der Waals surface area contributed by atoms with E-state index >= 15 is 0 Å². The number of rotatable bonds is 5. The molecular weight excluding hydrogens is 250 g/mol. The highest BCUT2D eigenvalue weighted by Crippen LogP contribution is 2.34. The molecule has 3 nitrogen and oxygen atoms in total. The van der Waals surface area contributed by atoms with Gasteiger partial charge in [-0.1, -0.05) is 30.3 Å². The third-order valence-electron chi connectivity index (χ3n) is 3.96. The second kappa shape index (κ2) is 5.55. The normalized spacial score (nSPS) is 16.4. The summed E-state index contributed by atoms with van der Waals surface area (Å²) in [5.74, 6) is 1.57. The maximum Gasteiger partial charge on any atom is 0.123 e. The highest BCUT2D eigenvalue weighted by molar-refractivity contribution is 5.41. The monoisotopic (exact) mass is 269 g/mol. The van der Waals surface area contributed by atoms with Gasteiger partial charge in [0.1, 0.15) is 11.5 Å². The molecule has 0 fully saturated rings. The Morgan fingerprint density at radius 2 is 2.10 bits per heavy atom. The van der Waals surface area contributed by atoms with Gasteiger partial charge < -0.3 is 15.2 Å². The van der Waals surface area contributed by atoms with E-state index < -0.39 is 0 Å². The fourth-order valence-corrected chi connectivity index (χ4v) is 2.75. The third-order valence-corrected chi connectivity index (χ3v) is 3.96. The Morgan fingerprint density at radius 1 is 1.25 bits per heavy atom. The maximum absolute atomic E-state index is 9.90. The van der Waals surface area contributed by atoms with Crippen molar-refractivity contribution >= 4 is 0 Å². The zero-order valence-corrected chi connectivity index (χ0v) is 11.6. The molecule has 0 aromatic heterocycles. The van der Waals surface area contributed by atoms with Crippen molar-refractivity contribution in [3.8, 4) is 11.5 Å². The minimum atomic E-state index is 0.283. The Balaban J connectivity index is 1.54. The summed E-state index contributed by atoms with van der Waals surface area (Å²) in [5.41, 5.74) is 3.82. The number of methoxy groups -OCH3 is 1. The predicted molar refractivity (Wildman–Crippen MR) is 79.3 cm³/mol. The molecule has 1 aliphatic carbocycles. The number of fused-ring (bicyclic) bond motifs is 1. The summed E-state index contributed by atoms with van der Waals surface area (Å²) in [4.78, 5) is 0. The van der Waals surface area contributed by atoms with Crippen LogP contribution in [0.2, 0.25) is 0 Å². The summed E-state index contributed by atoms with van der Waals surface area (Å²) in [7, 11) is 1.60. The van der Waals surface area contributed by atoms with Crippen molar-refractivity contribution in [3.63, 3.8) is 0 Å². The van der Waals surface area contributed by atoms with Crippen LogP contribution in [0.1, 0.15) is 22.6 Å². The van der Waals surface area contributed by atoms with Crippen LogP contribution in [0.3, 0.4) is 0 Å². The van der Waals surface area contributed by atoms with Crippen molar-refractivity contribution in [2.24, 2.45) is 0 Å². The van der Waals surface area contributed by atoms with E-state index in [0.29, 0.717) is 18.2 Å². The van der Waals surface area contributed by atoms with E-state index in [9.17, 15) is 5.11 Å². The van der Waals surface area contributed by atoms with Crippen molar-refractivity contribution in [2.45, 2.75) is 18.9 Å². The Labute approximate surface area is 119 Å². The fraction of sp³-hybridized carbons (Fsp3) is 0.294. The van der Waals surface area contributed by atoms with Crippen LogP contribution >= 0.6 is 0 Å². The van der Waals surface area contributed by atoms with E-state index in [2.05, 4.69) is 29.6 Å². The van der Waals surface area contributed by atoms with E-state index in [1.807, 2.05) is 12.1 Å². The van der Waals surface area contributed by atoms with Gasteiger partial charge in [-0.15, -0.1) is 0 Å². The number of nitrogens with one attached hydrogen (secondary N) is 1. The molecule has 0 radical (unpaired) electrons. The third kappa shape index (κ3) is 2.49. The molecule has 0 amide bonds. The quantitative estimate of drug-likeness (QED) is 0.877. The van der Waals surface area contributed by atoms with Crippen molar-refractivity contribution in [1.29, 1.82) is 0 Å². The molecule has 2 N–H and O–H groups in total. The van der Waals surface area contributed by atoms with Crippen LogP contribution in [0.25, 0.3) is 0 Å². The van der Waals surface area contributed by atoms with Crippen molar-refractivity contribution in [3.05, 3.63) is 59.2 Å². The van der Waals surface area contributed by atoms with Gasteiger partial charge in [0.25, 0.3) is 0 Å². The topological polar surface area (TPSA) is 41.5 Å². The zero-order chi connectivity index (χ0) is 13.9. The summed E-state index contributed by atoms with van der Waals surface area (Å²) in [6.07, 6.45) is 1.15. The van der Waals surface area contributed by atoms with E-state index in [4.69, 9.17) is 4.74 Å². The molecule has 1 unspecified atom stereocenters. The average molecular weight is 269 g/mol. The molecule has 0 saturated heterocycles. The molecule has 0 aliphatic heterocycles. The Morgan fingerprint density at radius 3 is 2.85 bits per heavy atom. The molecule has 0 saturated carbocycles. The first-order valence-electron chi connectivity index (χ1n) is 6.92. The van der Waals surface area contributed by atoms with Gasteiger partial charge in [0.05, 0.1) is 7.11 Å². The molecule has 20 heavy (non-hydrogen) atoms. The SMILES string of the molecule is COc1ccc(CNCC2Cc3ccccc32)c(O)c1. The van der Waals surface area contributed by atoms with Gasteiger partial charge in [0.15, 0.2) is 0 Å². The number of benzene rings is 2. The van der Waals surface area contributed by atoms with Crippen LogP contribution < -0.4 is 10.1 Å². The second-order valence-electron chi connectivity index (χ2n) is 5.23. The highest BCUT2D eigenvalue weighted by atomic mass is 16.5. The molecule has 3 heteroatoms. The van der Waals surface area contributed by atoms with Gasteiger partial charge in [-0.05, 0) is 23.6 Å². The van der Waals surface area contributed by atoms with Crippen LogP contribution in [0.4, 0.5) is 0 Å². The molecule has 2 aromatic carbocycles. The number of phenolic OH excluding ortho intramolecular Hbond substituents is 1. The van der Waals surface area contributed by atoms with Crippen LogP contribution in [0.5, 0.6) is 11.5 Å². The van der Waals surface area contributed by atoms with Gasteiger partial charge in [0, 0.05) is 30.6 Å². The lowest BCUT2D eigenvalue weighted by Gasteiger charge is -2.30. The Bertz CT molecular complexity index is 610. The van der Waals surface area contributed by atoms with E-state index in [-0.39, 0.29) is 5.75 Å². The lowest BCUT2D eigenvalue weighted by molar-refractivity contribution is 0.405. The summed E-state index contributed by atoms with van der Waals surface area (Å²) in [5, 5.41) is 13.3. The van der Waals surface area contributed by atoms with E-state index in [1.165, 1.54) is 11.1 Å². The minimum absolute atomic E-state index is 0.283. The lowest BCUT2D eigenvalue weighted by atomic mass is 9.77. The van der Waals surface area contributed by atoms with Crippen LogP contribution in [0, 0.1) is 0 Å². The lowest BCUT2D eigenvalue weighted by Crippen LogP contribution is -2.28. The van der Waals surface area contributed by atoms with Gasteiger partial charge in [0.2, 0.25) is 0 Å². The summed E-state index contributed by atoms with van der Waals surface area (Å²) in [6, 6.07) is 14.0. The van der Waals surface area contributed by atoms with Gasteiger partial charge in [-0.3, -0.25) is 0 Å². The van der Waals surface area contributed by atoms with Crippen LogP contribution in [-0.2, 0) is 13.0 Å². The standard InChI is InChI=1S/C17H19NO2/c1-20-15-7-6-13(17(19)9-15)10-18-11-14-8-12-4-2-3-5-16(12)14/h2-7,9,14,18-19H,8,10-11H2,1H3. The molecule has 0 bridgehead atoms. The number of hydrogen-bond acceptors (Lipinski definition) is 3. The van der Waals surface area contributed by atoms with Crippen molar-refractivity contribution < 1.29 is 9.84 Å². The number of phenols is 1. The minimum Gasteiger partial charge on any atom is -0.507 e. The van der Waals surface area contributed by atoms with Gasteiger partial charge in [-0.2, -0.15) is 0 Å². The summed E-state index contributed by atoms with van der Waals surface area (Å²) in [6.45, 7) is 1.62. The molecule has 1 atom stereocenters. The molecular formula is C17H19NO2. The second-order valence-corrected chi connectivity index (χ2v) is 5.23. The first-order valence-corrected chi connectivity index (χ1v) is 6.92. The van der Waals surface area contributed by atoms with Crippen LogP contribution in [0.15, 0.2) is 42.5 Å². The van der Waals surface area contributed by atoms with Gasteiger partial charge in [-0.25, -0.2) is 0 Å². The molecule has 2 aromatic rings. The summed E-state index contributed by atoms with van der Waals surface area (Å²) >= 11 is 0. The van der Waals surface area contributed by atoms with Gasteiger partial charge >= 0.3 is 0 Å². The van der Waals surface area contributed by atoms with E-state index in [0.717, 1.165) is 18.5 Å². The summed E-state index contributed by atoms with van der Waals surface area (Å²) < 4.78 is 5.08. The first-order chi connectivity index (χ1) is 9.78. The molecule has 104 valence electrons. The average Bonchev–Trinajstić information content (AvgIpc) is 2.45. The maximum atomic E-state index is 9.90. The molecule has 3 rings (SSSR count). The van der Waals surface area contributed by atoms with E-state index in [1.54, 1.807) is 13.2 Å². The fourth-order valence-electron chi connectivity index (χ4n) is 2.75. The first kappa shape index (κ1) is 13.0. The Kier molecular flexibility index (Phi) is 3.61. The zero-order valence-electron chi connectivity index (χ0n) is 11.6. The number of hydrogen-bond donors (Lipinski definition) is 2. The smallest absolute Gasteiger partial charge is 0.123 e. The number of ether oxygens (including phenoxy) is 1. The highest BCUT2D eigenvalue weighted by Gasteiger charge is 2.24. The van der Waals surface area contributed by atoms with Crippen molar-refractivity contribution in [2.75, 3.05) is 13.7 Å². The number of aromatic hydroxyl groups is 1. The predicted octanol–water partition coefficient (Wildman–Crippen LogP) is 2.83. The molecule has 1 aliphatic rings.